The van der Waals surface area contributed by atoms with Crippen LogP contribution in [0.2, 0.25) is 5.02 Å². The van der Waals surface area contributed by atoms with E-state index in [1.54, 1.807) is 41.4 Å². The molecular formula is C22H22ClN3O3. The van der Waals surface area contributed by atoms with Crippen molar-refractivity contribution in [2.45, 2.75) is 32.7 Å². The summed E-state index contributed by atoms with van der Waals surface area (Å²) < 4.78 is 5.89. The molecule has 0 saturated heterocycles. The minimum atomic E-state index is -0.614. The summed E-state index contributed by atoms with van der Waals surface area (Å²) in [5.41, 5.74) is 1.73. The van der Waals surface area contributed by atoms with Crippen molar-refractivity contribution in [3.63, 3.8) is 0 Å². The van der Waals surface area contributed by atoms with Gasteiger partial charge in [0.25, 0.3) is 5.91 Å². The van der Waals surface area contributed by atoms with Gasteiger partial charge in [0.05, 0.1) is 0 Å². The zero-order valence-corrected chi connectivity index (χ0v) is 17.1. The molecular weight excluding hydrogens is 390 g/mol. The number of aromatic nitrogens is 1. The van der Waals surface area contributed by atoms with E-state index < -0.39 is 6.04 Å². The molecule has 0 saturated carbocycles. The van der Waals surface area contributed by atoms with Crippen LogP contribution in [0.15, 0.2) is 53.9 Å². The molecule has 2 aliphatic rings. The Morgan fingerprint density at radius 3 is 2.83 bits per heavy atom. The molecule has 4 rings (SSSR count). The van der Waals surface area contributed by atoms with Gasteiger partial charge >= 0.3 is 0 Å². The fourth-order valence-electron chi connectivity index (χ4n) is 3.73. The first-order valence-electron chi connectivity index (χ1n) is 9.64. The van der Waals surface area contributed by atoms with Crippen LogP contribution in [-0.4, -0.2) is 34.3 Å². The lowest BCUT2D eigenvalue weighted by atomic mass is 10.0. The second kappa shape index (κ2) is 7.87. The highest BCUT2D eigenvalue weighted by molar-refractivity contribution is 6.31. The zero-order valence-electron chi connectivity index (χ0n) is 16.3. The lowest BCUT2D eigenvalue weighted by molar-refractivity contribution is -0.135. The summed E-state index contributed by atoms with van der Waals surface area (Å²) in [5.74, 6) is 1.11. The maximum atomic E-state index is 13.1. The van der Waals surface area contributed by atoms with E-state index in [1.807, 2.05) is 19.9 Å². The van der Waals surface area contributed by atoms with Gasteiger partial charge in [0.2, 0.25) is 5.91 Å². The first-order valence-corrected chi connectivity index (χ1v) is 10.0. The standard InChI is InChI=1S/C22H22ClN3O3/c1-13(2)10-17(21(27)25-19-8-3-4-9-24-19)26-12-14-11-15-16(23)6-5-7-18(15)29-20(14)22(26)28/h3-9,13,17H,10-12H2,1-2H3,(H,24,25,27). The molecule has 0 fully saturated rings. The maximum Gasteiger partial charge on any atom is 0.290 e. The molecule has 0 radical (unpaired) electrons. The number of carbonyl (C=O) groups is 2. The summed E-state index contributed by atoms with van der Waals surface area (Å²) in [6.07, 6.45) is 2.70. The first-order chi connectivity index (χ1) is 13.9. The summed E-state index contributed by atoms with van der Waals surface area (Å²) in [7, 11) is 0. The molecule has 1 aromatic carbocycles. The van der Waals surface area contributed by atoms with Crippen LogP contribution in [0, 0.1) is 5.92 Å². The van der Waals surface area contributed by atoms with E-state index in [9.17, 15) is 9.59 Å². The molecule has 0 bridgehead atoms. The smallest absolute Gasteiger partial charge is 0.290 e. The Morgan fingerprint density at radius 2 is 2.10 bits per heavy atom. The molecule has 6 nitrogen and oxygen atoms in total. The molecule has 0 aliphatic carbocycles. The molecule has 2 aliphatic heterocycles. The zero-order chi connectivity index (χ0) is 20.5. The number of rotatable bonds is 5. The largest absolute Gasteiger partial charge is 0.451 e. The predicted molar refractivity (Wildman–Crippen MR) is 111 cm³/mol. The Hall–Kier alpha value is -2.86. The number of anilines is 1. The molecule has 29 heavy (non-hydrogen) atoms. The van der Waals surface area contributed by atoms with Gasteiger partial charge in [-0.3, -0.25) is 9.59 Å². The van der Waals surface area contributed by atoms with Gasteiger partial charge in [0, 0.05) is 35.3 Å². The molecule has 2 aromatic rings. The number of fused-ring (bicyclic) bond motifs is 1. The number of benzene rings is 1. The third-order valence-corrected chi connectivity index (χ3v) is 5.46. The fraction of sp³-hybridized carbons (Fsp3) is 0.318. The number of amides is 2. The van der Waals surface area contributed by atoms with Crippen molar-refractivity contribution in [2.24, 2.45) is 5.92 Å². The van der Waals surface area contributed by atoms with E-state index in [-0.39, 0.29) is 17.7 Å². The number of nitrogens with one attached hydrogen (secondary N) is 1. The number of ether oxygens (including phenoxy) is 1. The van der Waals surface area contributed by atoms with E-state index in [0.29, 0.717) is 41.7 Å². The number of nitrogens with zero attached hydrogens (tertiary/aromatic N) is 2. The second-order valence-electron chi connectivity index (χ2n) is 7.71. The van der Waals surface area contributed by atoms with Crippen LogP contribution in [-0.2, 0) is 16.0 Å². The van der Waals surface area contributed by atoms with Crippen LogP contribution in [0.3, 0.4) is 0 Å². The average Bonchev–Trinajstić information content (AvgIpc) is 3.01. The Kier molecular flexibility index (Phi) is 5.28. The number of pyridine rings is 1. The van der Waals surface area contributed by atoms with Crippen LogP contribution in [0.5, 0.6) is 5.75 Å². The normalized spacial score (nSPS) is 16.4. The van der Waals surface area contributed by atoms with Crippen LogP contribution in [0.25, 0.3) is 0 Å². The summed E-state index contributed by atoms with van der Waals surface area (Å²) >= 11 is 6.31. The van der Waals surface area contributed by atoms with E-state index >= 15 is 0 Å². The molecule has 1 N–H and O–H groups in total. The highest BCUT2D eigenvalue weighted by atomic mass is 35.5. The van der Waals surface area contributed by atoms with Crippen LogP contribution < -0.4 is 10.1 Å². The average molecular weight is 412 g/mol. The number of hydrogen-bond acceptors (Lipinski definition) is 4. The highest BCUT2D eigenvalue weighted by Crippen LogP contribution is 2.38. The molecule has 3 heterocycles. The number of halogens is 1. The third-order valence-electron chi connectivity index (χ3n) is 5.11. The van der Waals surface area contributed by atoms with Crippen LogP contribution in [0.1, 0.15) is 25.8 Å². The molecule has 7 heteroatoms. The van der Waals surface area contributed by atoms with Gasteiger partial charge in [-0.2, -0.15) is 0 Å². The topological polar surface area (TPSA) is 71.5 Å². The van der Waals surface area contributed by atoms with Crippen molar-refractivity contribution in [1.29, 1.82) is 0 Å². The summed E-state index contributed by atoms with van der Waals surface area (Å²) in [4.78, 5) is 31.9. The summed E-state index contributed by atoms with van der Waals surface area (Å²) in [6, 6.07) is 10.1. The van der Waals surface area contributed by atoms with Gasteiger partial charge in [-0.15, -0.1) is 0 Å². The van der Waals surface area contributed by atoms with Crippen molar-refractivity contribution in [2.75, 3.05) is 11.9 Å². The Balaban J connectivity index is 1.57. The molecule has 2 amide bonds. The van der Waals surface area contributed by atoms with Crippen LogP contribution in [0.4, 0.5) is 5.82 Å². The molecule has 150 valence electrons. The van der Waals surface area contributed by atoms with Crippen molar-refractivity contribution in [3.05, 3.63) is 64.5 Å². The summed E-state index contributed by atoms with van der Waals surface area (Å²) in [5, 5.41) is 3.45. The second-order valence-corrected chi connectivity index (χ2v) is 8.12. The monoisotopic (exact) mass is 411 g/mol. The first kappa shape index (κ1) is 19.5. The van der Waals surface area contributed by atoms with Crippen molar-refractivity contribution < 1.29 is 14.3 Å². The minimum absolute atomic E-state index is 0.229. The minimum Gasteiger partial charge on any atom is -0.451 e. The van der Waals surface area contributed by atoms with Gasteiger partial charge < -0.3 is 15.0 Å². The highest BCUT2D eigenvalue weighted by Gasteiger charge is 2.41. The molecule has 1 atom stereocenters. The Morgan fingerprint density at radius 1 is 1.28 bits per heavy atom. The summed E-state index contributed by atoms with van der Waals surface area (Å²) in [6.45, 7) is 4.41. The SMILES string of the molecule is CC(C)CC(C(=O)Nc1ccccn1)N1CC2=C(Oc3cccc(Cl)c3C2)C1=O. The van der Waals surface area contributed by atoms with Gasteiger partial charge in [0.1, 0.15) is 17.6 Å². The van der Waals surface area contributed by atoms with Crippen LogP contribution >= 0.6 is 11.6 Å². The van der Waals surface area contributed by atoms with E-state index in [4.69, 9.17) is 16.3 Å². The molecule has 0 spiro atoms. The van der Waals surface area contributed by atoms with Crippen molar-refractivity contribution >= 4 is 29.2 Å². The number of carbonyl (C=O) groups excluding carboxylic acids is 2. The van der Waals surface area contributed by atoms with Gasteiger partial charge in [-0.05, 0) is 36.6 Å². The third kappa shape index (κ3) is 3.85. The fourth-order valence-corrected chi connectivity index (χ4v) is 3.97. The van der Waals surface area contributed by atoms with Gasteiger partial charge in [-0.1, -0.05) is 37.6 Å². The number of hydrogen-bond donors (Lipinski definition) is 1. The quantitative estimate of drug-likeness (QED) is 0.811. The Bertz CT molecular complexity index is 988. The van der Waals surface area contributed by atoms with E-state index in [2.05, 4.69) is 10.3 Å². The molecule has 1 aromatic heterocycles. The Labute approximate surface area is 174 Å². The van der Waals surface area contributed by atoms with Crippen molar-refractivity contribution in [1.82, 2.24) is 9.88 Å². The maximum absolute atomic E-state index is 13.1. The van der Waals surface area contributed by atoms with Gasteiger partial charge in [0.15, 0.2) is 5.76 Å². The van der Waals surface area contributed by atoms with Crippen molar-refractivity contribution in [3.8, 4) is 5.75 Å². The predicted octanol–water partition coefficient (Wildman–Crippen LogP) is 3.82. The lowest BCUT2D eigenvalue weighted by Crippen LogP contribution is -2.46. The van der Waals surface area contributed by atoms with Gasteiger partial charge in [-0.25, -0.2) is 4.98 Å². The van der Waals surface area contributed by atoms with E-state index in [1.165, 1.54) is 0 Å². The lowest BCUT2D eigenvalue weighted by Gasteiger charge is -2.28. The molecule has 1 unspecified atom stereocenters. The van der Waals surface area contributed by atoms with E-state index in [0.717, 1.165) is 11.1 Å².